The Morgan fingerprint density at radius 1 is 1.09 bits per heavy atom. The maximum Gasteiger partial charge on any atom is 0.334 e. The highest BCUT2D eigenvalue weighted by Crippen LogP contribution is 2.60. The highest BCUT2D eigenvalue weighted by Gasteiger charge is 2.51. The molecule has 4 bridgehead atoms. The van der Waals surface area contributed by atoms with Crippen molar-refractivity contribution in [1.29, 1.82) is 0 Å². The van der Waals surface area contributed by atoms with E-state index in [0.29, 0.717) is 12.4 Å². The molecule has 5 saturated carbocycles. The Balaban J connectivity index is 1.22. The van der Waals surface area contributed by atoms with Crippen LogP contribution in [0.15, 0.2) is 12.1 Å². The van der Waals surface area contributed by atoms with Crippen molar-refractivity contribution in [2.75, 3.05) is 19.8 Å². The van der Waals surface area contributed by atoms with Gasteiger partial charge in [-0.25, -0.2) is 9.18 Å². The van der Waals surface area contributed by atoms with E-state index in [2.05, 4.69) is 5.32 Å². The Hall–Kier alpha value is -2.15. The van der Waals surface area contributed by atoms with Gasteiger partial charge in [0.2, 0.25) is 0 Å². The summed E-state index contributed by atoms with van der Waals surface area (Å²) in [6.45, 7) is 0.398. The van der Waals surface area contributed by atoms with Crippen molar-refractivity contribution in [3.63, 3.8) is 0 Å². The first-order valence-corrected chi connectivity index (χ1v) is 11.9. The van der Waals surface area contributed by atoms with Gasteiger partial charge >= 0.3 is 5.97 Å². The molecule has 7 rings (SSSR count). The molecule has 32 heavy (non-hydrogen) atoms. The molecule has 6 fully saturated rings. The molecular formula is C25H30FNO5. The number of aliphatic carboxylic acids is 1. The predicted molar refractivity (Wildman–Crippen MR) is 113 cm³/mol. The number of hydrogen-bond acceptors (Lipinski definition) is 4. The molecule has 1 aromatic carbocycles. The zero-order valence-electron chi connectivity index (χ0n) is 18.2. The number of carbonyl (C=O) groups excluding carboxylic acids is 1. The van der Waals surface area contributed by atoms with Crippen molar-refractivity contribution in [2.24, 2.45) is 23.2 Å². The highest BCUT2D eigenvalue weighted by atomic mass is 19.1. The van der Waals surface area contributed by atoms with Crippen molar-refractivity contribution in [3.8, 4) is 5.75 Å². The SMILES string of the molecule is O=C(NC1(C(=O)O)COC1)c1cc(C2CC2)c(OCC23CC4CC(CC(C4)C2)C3)cc1F. The number of halogens is 1. The Bertz CT molecular complexity index is 932. The summed E-state index contributed by atoms with van der Waals surface area (Å²) in [4.78, 5) is 24.3. The third-order valence-electron chi connectivity index (χ3n) is 8.52. The summed E-state index contributed by atoms with van der Waals surface area (Å²) in [5.41, 5.74) is -0.506. The van der Waals surface area contributed by atoms with Gasteiger partial charge in [0.15, 0.2) is 5.54 Å². The fourth-order valence-corrected chi connectivity index (χ4v) is 7.12. The summed E-state index contributed by atoms with van der Waals surface area (Å²) < 4.78 is 26.3. The Labute approximate surface area is 186 Å². The van der Waals surface area contributed by atoms with Crippen LogP contribution in [0, 0.1) is 29.0 Å². The molecule has 6 nitrogen and oxygen atoms in total. The van der Waals surface area contributed by atoms with E-state index in [-0.39, 0.29) is 30.1 Å². The van der Waals surface area contributed by atoms with E-state index in [0.717, 1.165) is 36.2 Å². The molecule has 5 aliphatic carbocycles. The van der Waals surface area contributed by atoms with E-state index in [9.17, 15) is 14.7 Å². The molecular weight excluding hydrogens is 413 g/mol. The van der Waals surface area contributed by atoms with Gasteiger partial charge in [-0.05, 0) is 86.7 Å². The van der Waals surface area contributed by atoms with Crippen LogP contribution in [0.5, 0.6) is 5.75 Å². The van der Waals surface area contributed by atoms with Crippen molar-refractivity contribution in [2.45, 2.75) is 62.8 Å². The average Bonchev–Trinajstić information content (AvgIpc) is 3.53. The number of nitrogens with one attached hydrogen (secondary N) is 1. The number of rotatable bonds is 7. The zero-order valence-corrected chi connectivity index (χ0v) is 18.2. The van der Waals surface area contributed by atoms with Gasteiger partial charge in [0.25, 0.3) is 5.91 Å². The van der Waals surface area contributed by atoms with E-state index < -0.39 is 23.2 Å². The fourth-order valence-electron chi connectivity index (χ4n) is 7.12. The van der Waals surface area contributed by atoms with Crippen LogP contribution < -0.4 is 10.1 Å². The van der Waals surface area contributed by atoms with Gasteiger partial charge in [0, 0.05) is 11.5 Å². The van der Waals surface area contributed by atoms with Gasteiger partial charge in [0.1, 0.15) is 11.6 Å². The second-order valence-electron chi connectivity index (χ2n) is 11.2. The average molecular weight is 444 g/mol. The van der Waals surface area contributed by atoms with Crippen molar-refractivity contribution >= 4 is 11.9 Å². The van der Waals surface area contributed by atoms with Crippen molar-refractivity contribution < 1.29 is 28.6 Å². The Morgan fingerprint density at radius 3 is 2.22 bits per heavy atom. The smallest absolute Gasteiger partial charge is 0.334 e. The molecule has 0 atom stereocenters. The van der Waals surface area contributed by atoms with Gasteiger partial charge in [-0.2, -0.15) is 0 Å². The first kappa shape index (κ1) is 20.5. The first-order valence-electron chi connectivity index (χ1n) is 11.9. The lowest BCUT2D eigenvalue weighted by molar-refractivity contribution is -0.164. The predicted octanol–water partition coefficient (Wildman–Crippen LogP) is 3.88. The minimum absolute atomic E-state index is 0.114. The van der Waals surface area contributed by atoms with Gasteiger partial charge in [-0.15, -0.1) is 0 Å². The summed E-state index contributed by atoms with van der Waals surface area (Å²) >= 11 is 0. The number of carboxylic acids is 1. The van der Waals surface area contributed by atoms with E-state index in [1.807, 2.05) is 0 Å². The third kappa shape index (κ3) is 3.40. The van der Waals surface area contributed by atoms with E-state index >= 15 is 4.39 Å². The number of amides is 1. The van der Waals surface area contributed by atoms with E-state index in [1.54, 1.807) is 6.07 Å². The number of carboxylic acid groups (broad SMARTS) is 1. The van der Waals surface area contributed by atoms with Crippen LogP contribution in [-0.4, -0.2) is 42.3 Å². The van der Waals surface area contributed by atoms with E-state index in [4.69, 9.17) is 9.47 Å². The minimum Gasteiger partial charge on any atom is -0.493 e. The monoisotopic (exact) mass is 443 g/mol. The van der Waals surface area contributed by atoms with Crippen LogP contribution >= 0.6 is 0 Å². The van der Waals surface area contributed by atoms with Crippen LogP contribution in [0.25, 0.3) is 0 Å². The first-order chi connectivity index (χ1) is 15.3. The number of carbonyl (C=O) groups is 2. The van der Waals surface area contributed by atoms with Crippen molar-refractivity contribution in [3.05, 3.63) is 29.1 Å². The standard InChI is InChI=1S/C25H30FNO5/c26-20-7-21(32-11-24-8-14-3-15(9-24)5-16(4-14)10-24)18(17-1-2-17)6-19(20)22(28)27-25(23(29)30)12-31-13-25/h6-7,14-17H,1-5,8-13H2,(H,27,28)(H,29,30). The normalized spacial score (nSPS) is 34.1. The molecule has 1 amide bonds. The van der Waals surface area contributed by atoms with Crippen molar-refractivity contribution in [1.82, 2.24) is 5.32 Å². The minimum atomic E-state index is -1.48. The summed E-state index contributed by atoms with van der Waals surface area (Å²) in [5.74, 6) is 0.741. The Morgan fingerprint density at radius 2 is 1.72 bits per heavy atom. The summed E-state index contributed by atoms with van der Waals surface area (Å²) in [6.07, 6.45) is 9.76. The van der Waals surface area contributed by atoms with Crippen LogP contribution in [0.3, 0.4) is 0 Å². The summed E-state index contributed by atoms with van der Waals surface area (Å²) in [7, 11) is 0. The molecule has 1 saturated heterocycles. The second-order valence-corrected chi connectivity index (χ2v) is 11.2. The Kier molecular flexibility index (Phi) is 4.59. The topological polar surface area (TPSA) is 84.9 Å². The van der Waals surface area contributed by atoms with Gasteiger partial charge in [-0.1, -0.05) is 0 Å². The maximum absolute atomic E-state index is 15.0. The highest BCUT2D eigenvalue weighted by molar-refractivity contribution is 5.98. The fraction of sp³-hybridized carbons (Fsp3) is 0.680. The molecule has 172 valence electrons. The largest absolute Gasteiger partial charge is 0.493 e. The molecule has 0 aromatic heterocycles. The zero-order chi connectivity index (χ0) is 22.1. The molecule has 1 heterocycles. The summed E-state index contributed by atoms with van der Waals surface area (Å²) in [5, 5.41) is 11.9. The molecule has 2 N–H and O–H groups in total. The van der Waals surface area contributed by atoms with Crippen LogP contribution in [0.4, 0.5) is 4.39 Å². The number of benzene rings is 1. The molecule has 0 radical (unpaired) electrons. The lowest BCUT2D eigenvalue weighted by Gasteiger charge is -2.56. The van der Waals surface area contributed by atoms with Crippen LogP contribution in [0.1, 0.15) is 73.2 Å². The van der Waals surface area contributed by atoms with Crippen LogP contribution in [-0.2, 0) is 9.53 Å². The van der Waals surface area contributed by atoms with Gasteiger partial charge < -0.3 is 19.9 Å². The van der Waals surface area contributed by atoms with E-state index in [1.165, 1.54) is 44.6 Å². The third-order valence-corrected chi connectivity index (χ3v) is 8.52. The van der Waals surface area contributed by atoms with Gasteiger partial charge in [0.05, 0.1) is 25.4 Å². The quantitative estimate of drug-likeness (QED) is 0.668. The van der Waals surface area contributed by atoms with Gasteiger partial charge in [-0.3, -0.25) is 4.79 Å². The molecule has 7 heteroatoms. The number of ether oxygens (including phenoxy) is 2. The van der Waals surface area contributed by atoms with Crippen LogP contribution in [0.2, 0.25) is 0 Å². The molecule has 0 unspecified atom stereocenters. The molecule has 6 aliphatic rings. The summed E-state index contributed by atoms with van der Waals surface area (Å²) in [6, 6.07) is 2.92. The molecule has 1 aromatic rings. The second kappa shape index (κ2) is 7.17. The number of hydrogen-bond donors (Lipinski definition) is 2. The lowest BCUT2D eigenvalue weighted by Crippen LogP contribution is -2.67. The lowest BCUT2D eigenvalue weighted by atomic mass is 9.50. The molecule has 1 aliphatic heterocycles. The maximum atomic E-state index is 15.0. The molecule has 0 spiro atoms.